The largest absolute Gasteiger partial charge is 0.313 e. The van der Waals surface area contributed by atoms with Gasteiger partial charge in [0.1, 0.15) is 6.17 Å². The van der Waals surface area contributed by atoms with Gasteiger partial charge in [-0.05, 0) is 12.8 Å². The maximum absolute atomic E-state index is 12.6. The lowest BCUT2D eigenvalue weighted by Crippen LogP contribution is -2.30. The molecule has 0 aromatic heterocycles. The number of fused-ring (bicyclic) bond motifs is 2. The average molecular weight is 115 g/mol. The van der Waals surface area contributed by atoms with Gasteiger partial charge < -0.3 is 5.32 Å². The molecule has 1 aliphatic carbocycles. The zero-order chi connectivity index (χ0) is 5.56. The Morgan fingerprint density at radius 3 is 2.50 bits per heavy atom. The molecular formula is C6H10FN. The number of nitrogens with one attached hydrogen (secondary N) is 1. The van der Waals surface area contributed by atoms with Gasteiger partial charge in [-0.15, -0.1) is 0 Å². The smallest absolute Gasteiger partial charge is 0.106 e. The summed E-state index contributed by atoms with van der Waals surface area (Å²) in [6, 6.07) is 0.523. The van der Waals surface area contributed by atoms with Crippen molar-refractivity contribution in [2.75, 3.05) is 6.54 Å². The Kier molecular flexibility index (Phi) is 0.852. The Labute approximate surface area is 48.3 Å². The van der Waals surface area contributed by atoms with E-state index in [9.17, 15) is 4.39 Å². The molecule has 2 rings (SSSR count). The number of hydrogen-bond donors (Lipinski definition) is 1. The van der Waals surface area contributed by atoms with Crippen LogP contribution in [-0.2, 0) is 0 Å². The quantitative estimate of drug-likeness (QED) is 0.490. The summed E-state index contributed by atoms with van der Waals surface area (Å²) in [7, 11) is 0. The molecule has 1 N–H and O–H groups in total. The number of halogens is 1. The van der Waals surface area contributed by atoms with Crippen LogP contribution in [0.2, 0.25) is 0 Å². The number of piperidine rings is 1. The van der Waals surface area contributed by atoms with Crippen molar-refractivity contribution in [3.05, 3.63) is 0 Å². The van der Waals surface area contributed by atoms with Crippen molar-refractivity contribution in [1.82, 2.24) is 5.32 Å². The van der Waals surface area contributed by atoms with Gasteiger partial charge >= 0.3 is 0 Å². The van der Waals surface area contributed by atoms with Crippen molar-refractivity contribution >= 4 is 0 Å². The Morgan fingerprint density at radius 1 is 1.38 bits per heavy atom. The maximum atomic E-state index is 12.6. The minimum absolute atomic E-state index is 0.361. The molecule has 2 aliphatic rings. The molecule has 2 bridgehead atoms. The van der Waals surface area contributed by atoms with Crippen LogP contribution < -0.4 is 5.32 Å². The predicted molar refractivity (Wildman–Crippen MR) is 29.4 cm³/mol. The number of rotatable bonds is 0. The molecule has 1 saturated carbocycles. The van der Waals surface area contributed by atoms with Crippen molar-refractivity contribution in [2.45, 2.75) is 25.1 Å². The zero-order valence-electron chi connectivity index (χ0n) is 4.73. The van der Waals surface area contributed by atoms with Crippen LogP contribution in [0.3, 0.4) is 0 Å². The van der Waals surface area contributed by atoms with Crippen LogP contribution in [0.15, 0.2) is 0 Å². The van der Waals surface area contributed by atoms with Crippen LogP contribution in [0, 0.1) is 5.92 Å². The molecular weight excluding hydrogens is 105 g/mol. The highest BCUT2D eigenvalue weighted by atomic mass is 19.1. The molecule has 0 aromatic rings. The van der Waals surface area contributed by atoms with E-state index >= 15 is 0 Å². The third-order valence-corrected chi connectivity index (χ3v) is 2.28. The van der Waals surface area contributed by atoms with E-state index in [1.165, 1.54) is 0 Å². The molecule has 1 nitrogen and oxygen atoms in total. The normalized spacial score (nSPS) is 52.9. The van der Waals surface area contributed by atoms with E-state index in [1.54, 1.807) is 0 Å². The van der Waals surface area contributed by atoms with Crippen molar-refractivity contribution < 1.29 is 4.39 Å². The van der Waals surface area contributed by atoms with E-state index < -0.39 is 6.17 Å². The summed E-state index contributed by atoms with van der Waals surface area (Å²) in [5.41, 5.74) is 0. The lowest BCUT2D eigenvalue weighted by molar-refractivity contribution is 0.242. The SMILES string of the molecule is F[C@@H]1C[C@@H]2C[C@H]1CN2. The first-order valence-electron chi connectivity index (χ1n) is 3.24. The second-order valence-corrected chi connectivity index (χ2v) is 2.85. The molecule has 1 aliphatic heterocycles. The van der Waals surface area contributed by atoms with E-state index in [4.69, 9.17) is 0 Å². The van der Waals surface area contributed by atoms with Crippen LogP contribution in [0.5, 0.6) is 0 Å². The van der Waals surface area contributed by atoms with Gasteiger partial charge in [-0.2, -0.15) is 0 Å². The Morgan fingerprint density at radius 2 is 2.25 bits per heavy atom. The molecule has 2 heteroatoms. The monoisotopic (exact) mass is 115 g/mol. The first kappa shape index (κ1) is 4.74. The zero-order valence-corrected chi connectivity index (χ0v) is 4.73. The molecule has 0 unspecified atom stereocenters. The van der Waals surface area contributed by atoms with Gasteiger partial charge in [0.25, 0.3) is 0 Å². The van der Waals surface area contributed by atoms with Gasteiger partial charge in [0, 0.05) is 18.5 Å². The highest BCUT2D eigenvalue weighted by Gasteiger charge is 2.39. The van der Waals surface area contributed by atoms with Gasteiger partial charge in [0.15, 0.2) is 0 Å². The minimum atomic E-state index is -0.485. The molecule has 0 amide bonds. The van der Waals surface area contributed by atoms with E-state index in [0.29, 0.717) is 12.0 Å². The summed E-state index contributed by atoms with van der Waals surface area (Å²) < 4.78 is 12.6. The highest BCUT2D eigenvalue weighted by molar-refractivity contribution is 4.95. The Hall–Kier alpha value is -0.110. The summed E-state index contributed by atoms with van der Waals surface area (Å²) in [6.07, 6.45) is 1.37. The molecule has 0 aromatic carbocycles. The highest BCUT2D eigenvalue weighted by Crippen LogP contribution is 2.32. The van der Waals surface area contributed by atoms with E-state index in [1.807, 2.05) is 0 Å². The predicted octanol–water partition coefficient (Wildman–Crippen LogP) is 0.706. The van der Waals surface area contributed by atoms with Crippen LogP contribution in [-0.4, -0.2) is 18.8 Å². The van der Waals surface area contributed by atoms with Crippen molar-refractivity contribution in [2.24, 2.45) is 5.92 Å². The van der Waals surface area contributed by atoms with Gasteiger partial charge in [-0.25, -0.2) is 4.39 Å². The molecule has 1 heterocycles. The van der Waals surface area contributed by atoms with Crippen LogP contribution >= 0.6 is 0 Å². The summed E-state index contributed by atoms with van der Waals surface area (Å²) in [6.45, 7) is 0.922. The fourth-order valence-corrected chi connectivity index (χ4v) is 1.77. The molecule has 8 heavy (non-hydrogen) atoms. The first-order chi connectivity index (χ1) is 3.86. The van der Waals surface area contributed by atoms with E-state index in [2.05, 4.69) is 5.32 Å². The second kappa shape index (κ2) is 1.44. The van der Waals surface area contributed by atoms with Gasteiger partial charge in [-0.1, -0.05) is 0 Å². The van der Waals surface area contributed by atoms with Gasteiger partial charge in [0.2, 0.25) is 0 Å². The Balaban J connectivity index is 2.11. The number of hydrogen-bond acceptors (Lipinski definition) is 1. The van der Waals surface area contributed by atoms with Crippen LogP contribution in [0.1, 0.15) is 12.8 Å². The van der Waals surface area contributed by atoms with Gasteiger partial charge in [0.05, 0.1) is 0 Å². The molecule has 2 fully saturated rings. The average Bonchev–Trinajstić information content (AvgIpc) is 2.23. The van der Waals surface area contributed by atoms with Crippen LogP contribution in [0.4, 0.5) is 4.39 Å². The standard InChI is InChI=1S/C6H10FN/c7-6-2-5-1-4(6)3-8-5/h4-6,8H,1-3H2/t4-,5-,6+/m0/s1. The van der Waals surface area contributed by atoms with Crippen molar-refractivity contribution in [3.63, 3.8) is 0 Å². The first-order valence-corrected chi connectivity index (χ1v) is 3.24. The summed E-state index contributed by atoms with van der Waals surface area (Å²) in [5, 5.41) is 3.25. The maximum Gasteiger partial charge on any atom is 0.106 e. The lowest BCUT2D eigenvalue weighted by atomic mass is 10.1. The fourth-order valence-electron chi connectivity index (χ4n) is 1.77. The summed E-state index contributed by atoms with van der Waals surface area (Å²) >= 11 is 0. The third-order valence-electron chi connectivity index (χ3n) is 2.28. The Bertz CT molecular complexity index is 103. The second-order valence-electron chi connectivity index (χ2n) is 2.85. The van der Waals surface area contributed by atoms with Crippen molar-refractivity contribution in [1.29, 1.82) is 0 Å². The molecule has 0 spiro atoms. The summed E-state index contributed by atoms with van der Waals surface area (Å²) in [5.74, 6) is 0.361. The number of alkyl halides is 1. The molecule has 0 radical (unpaired) electrons. The molecule has 46 valence electrons. The topological polar surface area (TPSA) is 12.0 Å². The third kappa shape index (κ3) is 0.494. The molecule has 1 saturated heterocycles. The van der Waals surface area contributed by atoms with E-state index in [0.717, 1.165) is 19.4 Å². The molecule has 3 atom stereocenters. The summed E-state index contributed by atoms with van der Waals surface area (Å²) in [4.78, 5) is 0. The fraction of sp³-hybridized carbons (Fsp3) is 1.00. The van der Waals surface area contributed by atoms with Crippen LogP contribution in [0.25, 0.3) is 0 Å². The van der Waals surface area contributed by atoms with E-state index in [-0.39, 0.29) is 0 Å². The van der Waals surface area contributed by atoms with Crippen molar-refractivity contribution in [3.8, 4) is 0 Å². The minimum Gasteiger partial charge on any atom is -0.313 e. The lowest BCUT2D eigenvalue weighted by Gasteiger charge is -2.13. The van der Waals surface area contributed by atoms with Gasteiger partial charge in [-0.3, -0.25) is 0 Å².